The number of amides is 1. The average molecular weight is 392 g/mol. The number of fused-ring (bicyclic) bond motifs is 2. The molecular weight excluding hydrogens is 372 g/mol. The maximum Gasteiger partial charge on any atom is 0.281 e. The Hall–Kier alpha value is -3.06. The van der Waals surface area contributed by atoms with Crippen LogP contribution in [0.1, 0.15) is 41.4 Å². The molecule has 4 rings (SSSR count). The predicted molar refractivity (Wildman–Crippen MR) is 113 cm³/mol. The molecule has 4 aromatic rings. The van der Waals surface area contributed by atoms with E-state index in [4.69, 9.17) is 0 Å². The number of aromatic nitrogens is 3. The van der Waals surface area contributed by atoms with Crippen LogP contribution in [0.5, 0.6) is 0 Å². The second kappa shape index (κ2) is 6.83. The summed E-state index contributed by atoms with van der Waals surface area (Å²) in [7, 11) is 1.72. The van der Waals surface area contributed by atoms with Crippen molar-refractivity contribution in [2.75, 3.05) is 5.32 Å². The molecule has 0 saturated carbocycles. The highest BCUT2D eigenvalue weighted by Crippen LogP contribution is 2.29. The first-order valence-corrected chi connectivity index (χ1v) is 9.84. The molecule has 0 aliphatic heterocycles. The summed E-state index contributed by atoms with van der Waals surface area (Å²) in [6.45, 7) is 6.17. The molecule has 0 saturated heterocycles. The number of carbonyl (C=O) groups is 1. The van der Waals surface area contributed by atoms with Gasteiger partial charge in [0.15, 0.2) is 10.8 Å². The minimum atomic E-state index is -0.549. The van der Waals surface area contributed by atoms with Crippen LogP contribution < -0.4 is 10.7 Å². The van der Waals surface area contributed by atoms with Gasteiger partial charge in [-0.1, -0.05) is 42.9 Å². The van der Waals surface area contributed by atoms with E-state index in [1.807, 2.05) is 31.2 Å². The van der Waals surface area contributed by atoms with Gasteiger partial charge in [0.2, 0.25) is 5.43 Å². The molecule has 2 aromatic heterocycles. The molecule has 2 aromatic carbocycles. The summed E-state index contributed by atoms with van der Waals surface area (Å²) >= 11 is 1.39. The molecule has 0 aliphatic carbocycles. The van der Waals surface area contributed by atoms with Gasteiger partial charge in [-0.05, 0) is 42.7 Å². The summed E-state index contributed by atoms with van der Waals surface area (Å²) in [6.07, 6.45) is 0. The summed E-state index contributed by atoms with van der Waals surface area (Å²) in [5.74, 6) is -0.134. The van der Waals surface area contributed by atoms with Gasteiger partial charge in [0, 0.05) is 7.05 Å². The van der Waals surface area contributed by atoms with Gasteiger partial charge in [-0.15, -0.1) is 0 Å². The van der Waals surface area contributed by atoms with Crippen LogP contribution >= 0.6 is 11.3 Å². The lowest BCUT2D eigenvalue weighted by Crippen LogP contribution is -2.26. The van der Waals surface area contributed by atoms with Crippen LogP contribution in [0.4, 0.5) is 5.13 Å². The topological polar surface area (TPSA) is 76.9 Å². The molecule has 0 fully saturated rings. The van der Waals surface area contributed by atoms with Gasteiger partial charge in [0.05, 0.1) is 21.1 Å². The molecule has 6 nitrogen and oxygen atoms in total. The number of thiazole rings is 1. The quantitative estimate of drug-likeness (QED) is 0.566. The van der Waals surface area contributed by atoms with Crippen molar-refractivity contribution < 1.29 is 4.79 Å². The van der Waals surface area contributed by atoms with Crippen molar-refractivity contribution in [1.82, 2.24) is 14.8 Å². The standard InChI is InChI=1S/C21H20N4O2S/c1-11(2)13-6-7-15-17(10-13)28-21(22-15)23-20(27)18-19(26)14-9-12(3)5-8-16(14)25(4)24-18/h5-11H,1-4H3,(H,22,23,27). The molecular formula is C21H20N4O2S. The SMILES string of the molecule is Cc1ccc2c(c1)c(=O)c(C(=O)Nc1nc3ccc(C(C)C)cc3s1)nn2C. The van der Waals surface area contributed by atoms with E-state index >= 15 is 0 Å². The highest BCUT2D eigenvalue weighted by molar-refractivity contribution is 7.22. The fourth-order valence-electron chi connectivity index (χ4n) is 3.15. The van der Waals surface area contributed by atoms with E-state index in [9.17, 15) is 9.59 Å². The van der Waals surface area contributed by atoms with E-state index in [-0.39, 0.29) is 11.1 Å². The Balaban J connectivity index is 1.71. The number of nitrogens with one attached hydrogen (secondary N) is 1. The third-order valence-corrected chi connectivity index (χ3v) is 5.66. The lowest BCUT2D eigenvalue weighted by Gasteiger charge is -2.08. The van der Waals surface area contributed by atoms with Crippen molar-refractivity contribution in [2.45, 2.75) is 26.7 Å². The van der Waals surface area contributed by atoms with Gasteiger partial charge in [-0.25, -0.2) is 4.98 Å². The lowest BCUT2D eigenvalue weighted by atomic mass is 10.0. The number of carbonyl (C=O) groups excluding carboxylic acids is 1. The smallest absolute Gasteiger partial charge is 0.281 e. The normalized spacial score (nSPS) is 11.5. The lowest BCUT2D eigenvalue weighted by molar-refractivity contribution is 0.101. The zero-order valence-corrected chi connectivity index (χ0v) is 16.9. The van der Waals surface area contributed by atoms with E-state index in [2.05, 4.69) is 35.3 Å². The van der Waals surface area contributed by atoms with Gasteiger partial charge in [-0.3, -0.25) is 19.6 Å². The van der Waals surface area contributed by atoms with Crippen LogP contribution in [-0.4, -0.2) is 20.7 Å². The van der Waals surface area contributed by atoms with Crippen LogP contribution in [0.2, 0.25) is 0 Å². The summed E-state index contributed by atoms with van der Waals surface area (Å²) < 4.78 is 2.55. The number of benzene rings is 2. The van der Waals surface area contributed by atoms with Gasteiger partial charge >= 0.3 is 0 Å². The molecule has 2 heterocycles. The minimum Gasteiger partial charge on any atom is -0.296 e. The molecule has 0 bridgehead atoms. The van der Waals surface area contributed by atoms with Crippen molar-refractivity contribution in [2.24, 2.45) is 7.05 Å². The molecule has 0 atom stereocenters. The van der Waals surface area contributed by atoms with Crippen LogP contribution in [0.3, 0.4) is 0 Å². The fourth-order valence-corrected chi connectivity index (χ4v) is 4.06. The molecule has 1 amide bonds. The maximum atomic E-state index is 12.8. The molecule has 142 valence electrons. The molecule has 0 spiro atoms. The average Bonchev–Trinajstić information content (AvgIpc) is 3.05. The van der Waals surface area contributed by atoms with Gasteiger partial charge < -0.3 is 0 Å². The summed E-state index contributed by atoms with van der Waals surface area (Å²) in [6, 6.07) is 11.6. The van der Waals surface area contributed by atoms with Gasteiger partial charge in [0.1, 0.15) is 0 Å². The second-order valence-corrected chi connectivity index (χ2v) is 8.21. The molecule has 0 radical (unpaired) electrons. The third-order valence-electron chi connectivity index (χ3n) is 4.73. The maximum absolute atomic E-state index is 12.8. The summed E-state index contributed by atoms with van der Waals surface area (Å²) in [5.41, 5.74) is 3.16. The Morgan fingerprint density at radius 3 is 2.71 bits per heavy atom. The second-order valence-electron chi connectivity index (χ2n) is 7.18. The molecule has 0 aliphatic rings. The molecule has 1 N–H and O–H groups in total. The van der Waals surface area contributed by atoms with Crippen LogP contribution in [-0.2, 0) is 7.05 Å². The van der Waals surface area contributed by atoms with E-state index in [1.54, 1.807) is 17.8 Å². The third kappa shape index (κ3) is 3.18. The number of nitrogens with zero attached hydrogens (tertiary/aromatic N) is 3. The van der Waals surface area contributed by atoms with Crippen LogP contribution in [0.15, 0.2) is 41.2 Å². The van der Waals surface area contributed by atoms with E-state index in [0.29, 0.717) is 22.0 Å². The largest absolute Gasteiger partial charge is 0.296 e. The number of hydrogen-bond donors (Lipinski definition) is 1. The Morgan fingerprint density at radius 1 is 1.18 bits per heavy atom. The summed E-state index contributed by atoms with van der Waals surface area (Å²) in [4.78, 5) is 30.0. The highest BCUT2D eigenvalue weighted by Gasteiger charge is 2.18. The van der Waals surface area contributed by atoms with Crippen molar-refractivity contribution in [3.8, 4) is 0 Å². The fraction of sp³-hybridized carbons (Fsp3) is 0.238. The van der Waals surface area contributed by atoms with Crippen LogP contribution in [0, 0.1) is 6.92 Å². The number of anilines is 1. The number of hydrogen-bond acceptors (Lipinski definition) is 5. The highest BCUT2D eigenvalue weighted by atomic mass is 32.1. The number of rotatable bonds is 3. The summed E-state index contributed by atoms with van der Waals surface area (Å²) in [5, 5.41) is 7.86. The first-order valence-electron chi connectivity index (χ1n) is 9.03. The van der Waals surface area contributed by atoms with E-state index < -0.39 is 5.91 Å². The van der Waals surface area contributed by atoms with Gasteiger partial charge in [0.25, 0.3) is 5.91 Å². The molecule has 28 heavy (non-hydrogen) atoms. The molecule has 0 unspecified atom stereocenters. The first kappa shape index (κ1) is 18.3. The Morgan fingerprint density at radius 2 is 1.96 bits per heavy atom. The zero-order valence-electron chi connectivity index (χ0n) is 16.1. The zero-order chi connectivity index (χ0) is 20.0. The first-order chi connectivity index (χ1) is 13.3. The van der Waals surface area contributed by atoms with Crippen molar-refractivity contribution in [3.05, 3.63) is 63.4 Å². The monoisotopic (exact) mass is 392 g/mol. The van der Waals surface area contributed by atoms with E-state index in [1.165, 1.54) is 16.9 Å². The predicted octanol–water partition coefficient (Wildman–Crippen LogP) is 4.23. The van der Waals surface area contributed by atoms with Crippen molar-refractivity contribution >= 4 is 43.5 Å². The Labute approximate surface area is 165 Å². The molecule has 7 heteroatoms. The van der Waals surface area contributed by atoms with E-state index in [0.717, 1.165) is 15.8 Å². The Bertz CT molecular complexity index is 1290. The van der Waals surface area contributed by atoms with Crippen molar-refractivity contribution in [1.29, 1.82) is 0 Å². The Kier molecular flexibility index (Phi) is 4.47. The van der Waals surface area contributed by atoms with Crippen LogP contribution in [0.25, 0.3) is 21.1 Å². The van der Waals surface area contributed by atoms with Gasteiger partial charge in [-0.2, -0.15) is 5.10 Å². The van der Waals surface area contributed by atoms with Crippen molar-refractivity contribution in [3.63, 3.8) is 0 Å². The number of aryl methyl sites for hydroxylation is 2. The minimum absolute atomic E-state index is 0.136.